The summed E-state index contributed by atoms with van der Waals surface area (Å²) >= 11 is 1.56. The first-order chi connectivity index (χ1) is 8.50. The fourth-order valence-electron chi connectivity index (χ4n) is 1.59. The molecule has 0 radical (unpaired) electrons. The molecule has 18 heavy (non-hydrogen) atoms. The van der Waals surface area contributed by atoms with Crippen molar-refractivity contribution in [3.8, 4) is 0 Å². The fraction of sp³-hybridized carbons (Fsp3) is 0.692. The molecule has 0 aliphatic carbocycles. The molecule has 0 saturated carbocycles. The third kappa shape index (κ3) is 5.14. The van der Waals surface area contributed by atoms with Crippen LogP contribution in [0.15, 0.2) is 10.9 Å². The highest BCUT2D eigenvalue weighted by Gasteiger charge is 2.13. The summed E-state index contributed by atoms with van der Waals surface area (Å²) < 4.78 is 0. The zero-order chi connectivity index (χ0) is 13.5. The number of hydrogen-bond donors (Lipinski definition) is 1. The molecule has 1 atom stereocenters. The summed E-state index contributed by atoms with van der Waals surface area (Å²) in [6, 6.07) is 0.166. The van der Waals surface area contributed by atoms with Crippen LogP contribution in [0.2, 0.25) is 0 Å². The van der Waals surface area contributed by atoms with Crippen molar-refractivity contribution in [3.63, 3.8) is 0 Å². The number of hydrogen-bond acceptors (Lipinski definition) is 4. The topological polar surface area (TPSA) is 59.2 Å². The first-order valence-corrected chi connectivity index (χ1v) is 7.31. The summed E-state index contributed by atoms with van der Waals surface area (Å²) in [7, 11) is 1.84. The van der Waals surface area contributed by atoms with Gasteiger partial charge in [-0.2, -0.15) is 0 Å². The molecule has 0 aliphatic rings. The third-order valence-electron chi connectivity index (χ3n) is 3.16. The van der Waals surface area contributed by atoms with E-state index >= 15 is 0 Å². The molecule has 1 aromatic rings. The number of aryl methyl sites for hydroxylation is 1. The SMILES string of the molecule is CC(C)C(N)CCN(C)C(=O)CCc1cscn1. The van der Waals surface area contributed by atoms with Crippen LogP contribution < -0.4 is 5.73 Å². The van der Waals surface area contributed by atoms with Gasteiger partial charge in [0, 0.05) is 31.4 Å². The number of nitrogens with two attached hydrogens (primary N) is 1. The van der Waals surface area contributed by atoms with Gasteiger partial charge in [-0.15, -0.1) is 11.3 Å². The number of aromatic nitrogens is 1. The zero-order valence-electron chi connectivity index (χ0n) is 11.4. The minimum absolute atomic E-state index is 0.166. The second kappa shape index (κ2) is 7.48. The average Bonchev–Trinajstić information content (AvgIpc) is 2.85. The Morgan fingerprint density at radius 1 is 1.56 bits per heavy atom. The molecule has 1 amide bonds. The van der Waals surface area contributed by atoms with E-state index in [9.17, 15) is 4.79 Å². The highest BCUT2D eigenvalue weighted by Crippen LogP contribution is 2.07. The molecule has 5 heteroatoms. The maximum absolute atomic E-state index is 11.9. The maximum atomic E-state index is 11.9. The highest BCUT2D eigenvalue weighted by molar-refractivity contribution is 7.07. The number of nitrogens with zero attached hydrogens (tertiary/aromatic N) is 2. The van der Waals surface area contributed by atoms with Gasteiger partial charge in [-0.25, -0.2) is 4.98 Å². The van der Waals surface area contributed by atoms with Gasteiger partial charge in [-0.1, -0.05) is 13.8 Å². The molecular formula is C13H23N3OS. The largest absolute Gasteiger partial charge is 0.346 e. The van der Waals surface area contributed by atoms with Crippen LogP contribution in [-0.4, -0.2) is 35.4 Å². The number of amides is 1. The van der Waals surface area contributed by atoms with E-state index in [4.69, 9.17) is 5.73 Å². The third-order valence-corrected chi connectivity index (χ3v) is 3.79. The average molecular weight is 269 g/mol. The van der Waals surface area contributed by atoms with Gasteiger partial charge in [-0.05, 0) is 18.8 Å². The Morgan fingerprint density at radius 3 is 2.83 bits per heavy atom. The Kier molecular flexibility index (Phi) is 6.29. The summed E-state index contributed by atoms with van der Waals surface area (Å²) in [4.78, 5) is 17.8. The Hall–Kier alpha value is -0.940. The van der Waals surface area contributed by atoms with Crippen molar-refractivity contribution in [2.45, 2.75) is 39.2 Å². The minimum atomic E-state index is 0.166. The Bertz CT molecular complexity index is 351. The van der Waals surface area contributed by atoms with Crippen LogP contribution in [-0.2, 0) is 11.2 Å². The van der Waals surface area contributed by atoms with E-state index in [2.05, 4.69) is 18.8 Å². The van der Waals surface area contributed by atoms with Crippen LogP contribution in [0.1, 0.15) is 32.4 Å². The fourth-order valence-corrected chi connectivity index (χ4v) is 2.18. The minimum Gasteiger partial charge on any atom is -0.346 e. The van der Waals surface area contributed by atoms with E-state index in [1.165, 1.54) is 0 Å². The molecule has 1 aromatic heterocycles. The Labute approximate surface area is 113 Å². The molecule has 0 spiro atoms. The first kappa shape index (κ1) is 15.1. The second-order valence-electron chi connectivity index (χ2n) is 4.99. The van der Waals surface area contributed by atoms with Gasteiger partial charge in [0.15, 0.2) is 0 Å². The number of carbonyl (C=O) groups excluding carboxylic acids is 1. The number of rotatable bonds is 7. The van der Waals surface area contributed by atoms with E-state index in [1.807, 2.05) is 12.4 Å². The molecule has 0 saturated heterocycles. The summed E-state index contributed by atoms with van der Waals surface area (Å²) in [5.41, 5.74) is 8.77. The number of carbonyl (C=O) groups is 1. The van der Waals surface area contributed by atoms with E-state index in [1.54, 1.807) is 21.7 Å². The van der Waals surface area contributed by atoms with Gasteiger partial charge < -0.3 is 10.6 Å². The molecule has 1 rings (SSSR count). The second-order valence-corrected chi connectivity index (χ2v) is 5.71. The Balaban J connectivity index is 2.24. The predicted molar refractivity (Wildman–Crippen MR) is 75.5 cm³/mol. The molecule has 4 nitrogen and oxygen atoms in total. The molecule has 0 aliphatic heterocycles. The van der Waals surface area contributed by atoms with E-state index in [0.29, 0.717) is 12.3 Å². The van der Waals surface area contributed by atoms with Crippen molar-refractivity contribution in [1.29, 1.82) is 0 Å². The van der Waals surface area contributed by atoms with Gasteiger partial charge in [0.25, 0.3) is 0 Å². The van der Waals surface area contributed by atoms with E-state index in [0.717, 1.165) is 25.1 Å². The van der Waals surface area contributed by atoms with Crippen molar-refractivity contribution >= 4 is 17.2 Å². The molecule has 1 heterocycles. The van der Waals surface area contributed by atoms with Crippen molar-refractivity contribution in [2.75, 3.05) is 13.6 Å². The lowest BCUT2D eigenvalue weighted by molar-refractivity contribution is -0.130. The van der Waals surface area contributed by atoms with Gasteiger partial charge in [0.2, 0.25) is 5.91 Å². The summed E-state index contributed by atoms with van der Waals surface area (Å²) in [5.74, 6) is 0.627. The number of thiazole rings is 1. The molecule has 0 bridgehead atoms. The lowest BCUT2D eigenvalue weighted by atomic mass is 10.0. The van der Waals surface area contributed by atoms with Gasteiger partial charge in [0.05, 0.1) is 11.2 Å². The van der Waals surface area contributed by atoms with Gasteiger partial charge in [-0.3, -0.25) is 4.79 Å². The smallest absolute Gasteiger partial charge is 0.222 e. The standard InChI is InChI=1S/C13H23N3OS/c1-10(2)12(14)6-7-16(3)13(17)5-4-11-8-18-9-15-11/h8-10,12H,4-7,14H2,1-3H3. The van der Waals surface area contributed by atoms with E-state index in [-0.39, 0.29) is 11.9 Å². The summed E-state index contributed by atoms with van der Waals surface area (Å²) in [6.07, 6.45) is 2.11. The monoisotopic (exact) mass is 269 g/mol. The van der Waals surface area contributed by atoms with Crippen LogP contribution in [0.5, 0.6) is 0 Å². The van der Waals surface area contributed by atoms with Crippen molar-refractivity contribution in [3.05, 3.63) is 16.6 Å². The molecule has 0 aromatic carbocycles. The lowest BCUT2D eigenvalue weighted by Gasteiger charge is -2.21. The van der Waals surface area contributed by atoms with Crippen molar-refractivity contribution < 1.29 is 4.79 Å². The quantitative estimate of drug-likeness (QED) is 0.822. The summed E-state index contributed by atoms with van der Waals surface area (Å²) in [6.45, 7) is 4.94. The zero-order valence-corrected chi connectivity index (χ0v) is 12.2. The lowest BCUT2D eigenvalue weighted by Crippen LogP contribution is -2.34. The molecule has 2 N–H and O–H groups in total. The van der Waals surface area contributed by atoms with Gasteiger partial charge >= 0.3 is 0 Å². The molecule has 0 fully saturated rings. The molecule has 102 valence electrons. The van der Waals surface area contributed by atoms with Crippen molar-refractivity contribution in [1.82, 2.24) is 9.88 Å². The van der Waals surface area contributed by atoms with Crippen molar-refractivity contribution in [2.24, 2.45) is 11.7 Å². The highest BCUT2D eigenvalue weighted by atomic mass is 32.1. The van der Waals surface area contributed by atoms with Crippen LogP contribution in [0.3, 0.4) is 0 Å². The summed E-state index contributed by atoms with van der Waals surface area (Å²) in [5, 5.41) is 1.99. The van der Waals surface area contributed by atoms with Gasteiger partial charge in [0.1, 0.15) is 0 Å². The molecule has 1 unspecified atom stereocenters. The first-order valence-electron chi connectivity index (χ1n) is 6.37. The maximum Gasteiger partial charge on any atom is 0.222 e. The van der Waals surface area contributed by atoms with Crippen LogP contribution in [0, 0.1) is 5.92 Å². The van der Waals surface area contributed by atoms with E-state index < -0.39 is 0 Å². The van der Waals surface area contributed by atoms with Crippen LogP contribution >= 0.6 is 11.3 Å². The van der Waals surface area contributed by atoms with Crippen LogP contribution in [0.25, 0.3) is 0 Å². The molecular weight excluding hydrogens is 246 g/mol. The Morgan fingerprint density at radius 2 is 2.28 bits per heavy atom. The predicted octanol–water partition coefficient (Wildman–Crippen LogP) is 1.91. The normalized spacial score (nSPS) is 12.7. The van der Waals surface area contributed by atoms with Crippen LogP contribution in [0.4, 0.5) is 0 Å².